The van der Waals surface area contributed by atoms with Crippen molar-refractivity contribution in [3.8, 4) is 0 Å². The monoisotopic (exact) mass is 341 g/mol. The Hall–Kier alpha value is -1.75. The van der Waals surface area contributed by atoms with Crippen LogP contribution in [0.5, 0.6) is 0 Å². The minimum atomic E-state index is -0.637. The quantitative estimate of drug-likeness (QED) is 0.637. The van der Waals surface area contributed by atoms with Gasteiger partial charge in [-0.15, -0.1) is 11.6 Å². The molecule has 6 heteroatoms. The third-order valence-electron chi connectivity index (χ3n) is 2.92. The summed E-state index contributed by atoms with van der Waals surface area (Å²) >= 11 is 5.92. The van der Waals surface area contributed by atoms with Gasteiger partial charge in [-0.05, 0) is 32.8 Å². The smallest absolute Gasteiger partial charge is 0.408 e. The molecule has 0 saturated heterocycles. The van der Waals surface area contributed by atoms with Crippen LogP contribution < -0.4 is 5.32 Å². The largest absolute Gasteiger partial charge is 0.459 e. The summed E-state index contributed by atoms with van der Waals surface area (Å²) in [4.78, 5) is 23.3. The van der Waals surface area contributed by atoms with E-state index in [1.165, 1.54) is 6.92 Å². The molecule has 1 amide bonds. The fourth-order valence-corrected chi connectivity index (χ4v) is 2.31. The zero-order valence-electron chi connectivity index (χ0n) is 14.0. The van der Waals surface area contributed by atoms with Crippen LogP contribution in [0.4, 0.5) is 4.79 Å². The van der Waals surface area contributed by atoms with Crippen LogP contribution in [0.2, 0.25) is 0 Å². The fourth-order valence-electron chi connectivity index (χ4n) is 2.04. The Morgan fingerprint density at radius 3 is 2.30 bits per heavy atom. The number of nitrogens with one attached hydrogen (secondary N) is 1. The van der Waals surface area contributed by atoms with E-state index in [1.54, 1.807) is 20.8 Å². The first-order chi connectivity index (χ1) is 10.7. The van der Waals surface area contributed by atoms with Gasteiger partial charge in [-0.1, -0.05) is 30.3 Å². The van der Waals surface area contributed by atoms with Gasteiger partial charge >= 0.3 is 12.1 Å². The number of alkyl carbamates (subject to hydrolysis) is 1. The SMILES string of the molecule is CC(=O)O[C@@H](CCl)[C@H](Cc1ccccc1)NC(=O)OC(C)(C)C. The zero-order valence-corrected chi connectivity index (χ0v) is 14.7. The first-order valence-electron chi connectivity index (χ1n) is 7.48. The molecule has 2 atom stereocenters. The Morgan fingerprint density at radius 2 is 1.83 bits per heavy atom. The van der Waals surface area contributed by atoms with Crippen LogP contribution in [0.1, 0.15) is 33.3 Å². The van der Waals surface area contributed by atoms with Gasteiger partial charge in [0, 0.05) is 6.92 Å². The second kappa shape index (κ2) is 8.77. The molecule has 0 aliphatic rings. The van der Waals surface area contributed by atoms with Gasteiger partial charge in [-0.25, -0.2) is 4.79 Å². The molecule has 0 spiro atoms. The molecular formula is C17H24ClNO4. The van der Waals surface area contributed by atoms with E-state index in [2.05, 4.69) is 5.32 Å². The maximum Gasteiger partial charge on any atom is 0.408 e. The average Bonchev–Trinajstić information content (AvgIpc) is 2.43. The topological polar surface area (TPSA) is 64.6 Å². The number of rotatable bonds is 6. The van der Waals surface area contributed by atoms with Gasteiger partial charge < -0.3 is 14.8 Å². The van der Waals surface area contributed by atoms with Gasteiger partial charge in [0.1, 0.15) is 11.7 Å². The van der Waals surface area contributed by atoms with Crippen molar-refractivity contribution in [3.05, 3.63) is 35.9 Å². The van der Waals surface area contributed by atoms with E-state index >= 15 is 0 Å². The molecule has 1 rings (SSSR count). The van der Waals surface area contributed by atoms with Crippen LogP contribution >= 0.6 is 11.6 Å². The van der Waals surface area contributed by atoms with Crippen molar-refractivity contribution in [2.75, 3.05) is 5.88 Å². The molecule has 0 aromatic heterocycles. The molecule has 0 heterocycles. The number of benzene rings is 1. The summed E-state index contributed by atoms with van der Waals surface area (Å²) in [5, 5.41) is 2.76. The lowest BCUT2D eigenvalue weighted by Crippen LogP contribution is -2.48. The van der Waals surface area contributed by atoms with Crippen molar-refractivity contribution in [1.29, 1.82) is 0 Å². The number of alkyl halides is 1. The lowest BCUT2D eigenvalue weighted by molar-refractivity contribution is -0.146. The van der Waals surface area contributed by atoms with Crippen LogP contribution in [-0.4, -0.2) is 35.7 Å². The highest BCUT2D eigenvalue weighted by atomic mass is 35.5. The van der Waals surface area contributed by atoms with Crippen LogP contribution in [0, 0.1) is 0 Å². The molecule has 0 aliphatic heterocycles. The van der Waals surface area contributed by atoms with Crippen molar-refractivity contribution in [1.82, 2.24) is 5.32 Å². The van der Waals surface area contributed by atoms with Gasteiger partial charge in [0.05, 0.1) is 11.9 Å². The highest BCUT2D eigenvalue weighted by molar-refractivity contribution is 6.18. The number of carbonyl (C=O) groups is 2. The predicted molar refractivity (Wildman–Crippen MR) is 89.6 cm³/mol. The average molecular weight is 342 g/mol. The predicted octanol–water partition coefficient (Wildman–Crippen LogP) is 3.29. The molecule has 5 nitrogen and oxygen atoms in total. The van der Waals surface area contributed by atoms with Gasteiger partial charge in [-0.2, -0.15) is 0 Å². The minimum Gasteiger partial charge on any atom is -0.459 e. The van der Waals surface area contributed by atoms with E-state index in [0.29, 0.717) is 6.42 Å². The van der Waals surface area contributed by atoms with Gasteiger partial charge in [0.25, 0.3) is 0 Å². The number of carbonyl (C=O) groups excluding carboxylic acids is 2. The van der Waals surface area contributed by atoms with Gasteiger partial charge in [0.2, 0.25) is 0 Å². The second-order valence-electron chi connectivity index (χ2n) is 6.24. The maximum atomic E-state index is 12.0. The molecule has 1 aromatic rings. The number of ether oxygens (including phenoxy) is 2. The normalized spacial score (nSPS) is 13.8. The highest BCUT2D eigenvalue weighted by Crippen LogP contribution is 2.13. The Labute approximate surface area is 142 Å². The van der Waals surface area contributed by atoms with E-state index in [1.807, 2.05) is 30.3 Å². The molecule has 0 saturated carbocycles. The summed E-state index contributed by atoms with van der Waals surface area (Å²) < 4.78 is 10.5. The minimum absolute atomic E-state index is 0.0763. The lowest BCUT2D eigenvalue weighted by Gasteiger charge is -2.28. The Morgan fingerprint density at radius 1 is 1.22 bits per heavy atom. The maximum absolute atomic E-state index is 12.0. The standard InChI is InChI=1S/C17H24ClNO4/c1-12(20)22-15(11-18)14(10-13-8-6-5-7-9-13)19-16(21)23-17(2,3)4/h5-9,14-15H,10-11H2,1-4H3,(H,19,21)/t14-,15-/m0/s1. The fraction of sp³-hybridized carbons (Fsp3) is 0.529. The number of hydrogen-bond acceptors (Lipinski definition) is 4. The number of amides is 1. The molecule has 0 bridgehead atoms. The third kappa shape index (κ3) is 7.88. The van der Waals surface area contributed by atoms with Gasteiger partial charge in [-0.3, -0.25) is 4.79 Å². The van der Waals surface area contributed by atoms with Gasteiger partial charge in [0.15, 0.2) is 0 Å². The summed E-state index contributed by atoms with van der Waals surface area (Å²) in [7, 11) is 0. The first-order valence-corrected chi connectivity index (χ1v) is 8.01. The molecule has 0 unspecified atom stereocenters. The third-order valence-corrected chi connectivity index (χ3v) is 3.22. The molecule has 0 aliphatic carbocycles. The Kier molecular flexibility index (Phi) is 7.36. The zero-order chi connectivity index (χ0) is 17.5. The summed E-state index contributed by atoms with van der Waals surface area (Å²) in [5.41, 5.74) is 0.384. The summed E-state index contributed by atoms with van der Waals surface area (Å²) in [6.07, 6.45) is -0.729. The van der Waals surface area contributed by atoms with Crippen molar-refractivity contribution in [2.45, 2.75) is 51.9 Å². The van der Waals surface area contributed by atoms with Crippen molar-refractivity contribution in [3.63, 3.8) is 0 Å². The van der Waals surface area contributed by atoms with Crippen LogP contribution in [0.25, 0.3) is 0 Å². The van der Waals surface area contributed by atoms with E-state index in [9.17, 15) is 9.59 Å². The van der Waals surface area contributed by atoms with Crippen molar-refractivity contribution in [2.24, 2.45) is 0 Å². The molecule has 1 N–H and O–H groups in total. The Bertz CT molecular complexity index is 513. The summed E-state index contributed by atoms with van der Waals surface area (Å²) in [6, 6.07) is 9.10. The summed E-state index contributed by atoms with van der Waals surface area (Å²) in [6.45, 7) is 6.66. The lowest BCUT2D eigenvalue weighted by atomic mass is 10.0. The number of hydrogen-bond donors (Lipinski definition) is 1. The number of halogens is 1. The van der Waals surface area contributed by atoms with Crippen LogP contribution in [0.3, 0.4) is 0 Å². The molecule has 0 radical (unpaired) electrons. The number of esters is 1. The molecule has 1 aromatic carbocycles. The van der Waals surface area contributed by atoms with Crippen LogP contribution in [-0.2, 0) is 20.7 Å². The van der Waals surface area contributed by atoms with Crippen LogP contribution in [0.15, 0.2) is 30.3 Å². The second-order valence-corrected chi connectivity index (χ2v) is 6.55. The van der Waals surface area contributed by atoms with Crippen molar-refractivity contribution >= 4 is 23.7 Å². The van der Waals surface area contributed by atoms with E-state index < -0.39 is 29.8 Å². The molecular weight excluding hydrogens is 318 g/mol. The van der Waals surface area contributed by atoms with E-state index in [0.717, 1.165) is 5.56 Å². The van der Waals surface area contributed by atoms with Crippen molar-refractivity contribution < 1.29 is 19.1 Å². The Balaban J connectivity index is 2.86. The molecule has 23 heavy (non-hydrogen) atoms. The van der Waals surface area contributed by atoms with E-state index in [-0.39, 0.29) is 5.88 Å². The molecule has 0 fully saturated rings. The van der Waals surface area contributed by atoms with E-state index in [4.69, 9.17) is 21.1 Å². The highest BCUT2D eigenvalue weighted by Gasteiger charge is 2.27. The summed E-state index contributed by atoms with van der Waals surface area (Å²) in [5.74, 6) is -0.368. The molecule has 128 valence electrons. The first kappa shape index (κ1) is 19.3.